The van der Waals surface area contributed by atoms with Gasteiger partial charge in [-0.1, -0.05) is 24.3 Å². The zero-order valence-corrected chi connectivity index (χ0v) is 12.7. The van der Waals surface area contributed by atoms with Crippen LogP contribution in [0.25, 0.3) is 12.2 Å². The largest absolute Gasteiger partial charge is 0.507 e. The third-order valence-corrected chi connectivity index (χ3v) is 3.22. The molecule has 0 radical (unpaired) electrons. The van der Waals surface area contributed by atoms with Crippen LogP contribution in [0.15, 0.2) is 36.4 Å². The molecule has 0 aliphatic carbocycles. The first kappa shape index (κ1) is 16.1. The van der Waals surface area contributed by atoms with Gasteiger partial charge in [0.1, 0.15) is 17.1 Å². The fourth-order valence-corrected chi connectivity index (χ4v) is 2.09. The van der Waals surface area contributed by atoms with Gasteiger partial charge in [-0.3, -0.25) is 0 Å². The lowest BCUT2D eigenvalue weighted by Crippen LogP contribution is -2.04. The van der Waals surface area contributed by atoms with Gasteiger partial charge >= 0.3 is 5.97 Å². The second-order valence-corrected chi connectivity index (χ2v) is 4.67. The number of aromatic hydroxyl groups is 1. The molecule has 0 aromatic heterocycles. The number of phenols is 1. The van der Waals surface area contributed by atoms with Gasteiger partial charge in [-0.2, -0.15) is 5.26 Å². The van der Waals surface area contributed by atoms with Crippen molar-refractivity contribution in [2.75, 3.05) is 14.2 Å². The maximum atomic E-state index is 11.9. The maximum Gasteiger partial charge on any atom is 0.342 e. The van der Waals surface area contributed by atoms with Crippen molar-refractivity contribution in [2.45, 2.75) is 0 Å². The van der Waals surface area contributed by atoms with E-state index >= 15 is 0 Å². The van der Waals surface area contributed by atoms with Crippen LogP contribution in [-0.4, -0.2) is 25.3 Å². The van der Waals surface area contributed by atoms with Crippen molar-refractivity contribution < 1.29 is 19.4 Å². The normalized spacial score (nSPS) is 10.3. The number of phenolic OH excluding ortho intramolecular Hbond substituents is 1. The molecule has 0 aliphatic rings. The summed E-state index contributed by atoms with van der Waals surface area (Å²) in [6.07, 6.45) is 3.40. The second-order valence-electron chi connectivity index (χ2n) is 4.67. The highest BCUT2D eigenvalue weighted by Crippen LogP contribution is 2.30. The zero-order chi connectivity index (χ0) is 16.8. The average Bonchev–Trinajstić information content (AvgIpc) is 2.58. The van der Waals surface area contributed by atoms with Gasteiger partial charge < -0.3 is 14.6 Å². The number of carbonyl (C=O) groups is 1. The molecule has 5 heteroatoms. The zero-order valence-electron chi connectivity index (χ0n) is 12.7. The Morgan fingerprint density at radius 3 is 2.65 bits per heavy atom. The molecule has 0 bridgehead atoms. The topological polar surface area (TPSA) is 79.6 Å². The summed E-state index contributed by atoms with van der Waals surface area (Å²) in [5.41, 5.74) is 1.84. The summed E-state index contributed by atoms with van der Waals surface area (Å²) in [7, 11) is 2.71. The van der Waals surface area contributed by atoms with E-state index < -0.39 is 5.97 Å². The SMILES string of the molecule is COC(=O)c1c(O)cc(OC)cc1/C=C/c1cccc(C#N)c1. The summed E-state index contributed by atoms with van der Waals surface area (Å²) >= 11 is 0. The molecule has 0 spiro atoms. The van der Waals surface area contributed by atoms with Crippen LogP contribution in [0, 0.1) is 11.3 Å². The lowest BCUT2D eigenvalue weighted by molar-refractivity contribution is 0.0597. The number of rotatable bonds is 4. The minimum Gasteiger partial charge on any atom is -0.507 e. The third kappa shape index (κ3) is 3.69. The first-order chi connectivity index (χ1) is 11.1. The Balaban J connectivity index is 2.48. The van der Waals surface area contributed by atoms with E-state index in [1.807, 2.05) is 6.07 Å². The van der Waals surface area contributed by atoms with Crippen LogP contribution in [0.5, 0.6) is 11.5 Å². The predicted molar refractivity (Wildman–Crippen MR) is 86.1 cm³/mol. The summed E-state index contributed by atoms with van der Waals surface area (Å²) in [5.74, 6) is -0.446. The Morgan fingerprint density at radius 1 is 1.22 bits per heavy atom. The highest BCUT2D eigenvalue weighted by atomic mass is 16.5. The minimum absolute atomic E-state index is 0.0565. The van der Waals surface area contributed by atoms with Crippen molar-refractivity contribution in [2.24, 2.45) is 0 Å². The van der Waals surface area contributed by atoms with Crippen LogP contribution in [0.1, 0.15) is 27.0 Å². The minimum atomic E-state index is -0.643. The number of hydrogen-bond acceptors (Lipinski definition) is 5. The van der Waals surface area contributed by atoms with E-state index in [0.29, 0.717) is 16.9 Å². The summed E-state index contributed by atoms with van der Waals surface area (Å²) in [4.78, 5) is 11.9. The molecule has 0 atom stereocenters. The number of hydrogen-bond donors (Lipinski definition) is 1. The van der Waals surface area contributed by atoms with Crippen molar-refractivity contribution in [3.8, 4) is 17.6 Å². The monoisotopic (exact) mass is 309 g/mol. The Bertz CT molecular complexity index is 803. The number of nitrogens with zero attached hydrogens (tertiary/aromatic N) is 1. The molecule has 1 N–H and O–H groups in total. The molecule has 23 heavy (non-hydrogen) atoms. The fourth-order valence-electron chi connectivity index (χ4n) is 2.09. The molecular formula is C18H15NO4. The van der Waals surface area contributed by atoms with Crippen LogP contribution in [0.4, 0.5) is 0 Å². The Labute approximate surface area is 134 Å². The van der Waals surface area contributed by atoms with Crippen molar-refractivity contribution in [1.82, 2.24) is 0 Å². The molecule has 2 rings (SSSR count). The number of benzene rings is 2. The Kier molecular flexibility index (Phi) is 5.00. The summed E-state index contributed by atoms with van der Waals surface area (Å²) < 4.78 is 9.81. The highest BCUT2D eigenvalue weighted by Gasteiger charge is 2.17. The van der Waals surface area contributed by atoms with Crippen molar-refractivity contribution in [1.29, 1.82) is 5.26 Å². The Morgan fingerprint density at radius 2 is 2.00 bits per heavy atom. The van der Waals surface area contributed by atoms with Gasteiger partial charge in [-0.15, -0.1) is 0 Å². The number of methoxy groups -OCH3 is 2. The number of esters is 1. The van der Waals surface area contributed by atoms with Gasteiger partial charge in [0.15, 0.2) is 0 Å². The second kappa shape index (κ2) is 7.14. The van der Waals surface area contributed by atoms with Gasteiger partial charge in [0.25, 0.3) is 0 Å². The van der Waals surface area contributed by atoms with Gasteiger partial charge in [0.05, 0.1) is 25.9 Å². The van der Waals surface area contributed by atoms with Gasteiger partial charge in [-0.25, -0.2) is 4.79 Å². The average molecular weight is 309 g/mol. The van der Waals surface area contributed by atoms with Crippen molar-refractivity contribution >= 4 is 18.1 Å². The predicted octanol–water partition coefficient (Wildman–Crippen LogP) is 3.23. The van der Waals surface area contributed by atoms with Gasteiger partial charge in [0, 0.05) is 6.07 Å². The molecule has 0 heterocycles. The van der Waals surface area contributed by atoms with Crippen LogP contribution in [-0.2, 0) is 4.74 Å². The summed E-state index contributed by atoms with van der Waals surface area (Å²) in [5, 5.41) is 18.9. The van der Waals surface area contributed by atoms with Crippen molar-refractivity contribution in [3.63, 3.8) is 0 Å². The van der Waals surface area contributed by atoms with Crippen LogP contribution >= 0.6 is 0 Å². The first-order valence-corrected chi connectivity index (χ1v) is 6.76. The van der Waals surface area contributed by atoms with E-state index in [4.69, 9.17) is 14.7 Å². The molecule has 0 aliphatic heterocycles. The van der Waals surface area contributed by atoms with E-state index in [2.05, 4.69) is 6.07 Å². The van der Waals surface area contributed by atoms with Crippen LogP contribution in [0.3, 0.4) is 0 Å². The van der Waals surface area contributed by atoms with Crippen molar-refractivity contribution in [3.05, 3.63) is 58.7 Å². The third-order valence-electron chi connectivity index (χ3n) is 3.22. The molecule has 0 fully saturated rings. The number of nitriles is 1. The van der Waals surface area contributed by atoms with E-state index in [-0.39, 0.29) is 11.3 Å². The highest BCUT2D eigenvalue weighted by molar-refractivity contribution is 5.98. The lowest BCUT2D eigenvalue weighted by atomic mass is 10.0. The molecule has 0 saturated carbocycles. The van der Waals surface area contributed by atoms with E-state index in [1.165, 1.54) is 20.3 Å². The number of carbonyl (C=O) groups excluding carboxylic acids is 1. The lowest BCUT2D eigenvalue weighted by Gasteiger charge is -2.09. The molecule has 0 unspecified atom stereocenters. The van der Waals surface area contributed by atoms with Gasteiger partial charge in [0.2, 0.25) is 0 Å². The van der Waals surface area contributed by atoms with E-state index in [0.717, 1.165) is 5.56 Å². The number of ether oxygens (including phenoxy) is 2. The van der Waals surface area contributed by atoms with E-state index in [9.17, 15) is 9.90 Å². The van der Waals surface area contributed by atoms with Crippen LogP contribution in [0.2, 0.25) is 0 Å². The van der Waals surface area contributed by atoms with E-state index in [1.54, 1.807) is 36.4 Å². The molecule has 2 aromatic carbocycles. The quantitative estimate of drug-likeness (QED) is 0.693. The molecule has 2 aromatic rings. The standard InChI is InChI=1S/C18H15NO4/c1-22-15-9-14(17(16(20)10-15)18(21)23-2)7-6-12-4-3-5-13(8-12)11-19/h3-10,20H,1-2H3/b7-6+. The molecule has 0 saturated heterocycles. The fraction of sp³-hybridized carbons (Fsp3) is 0.111. The summed E-state index contributed by atoms with van der Waals surface area (Å²) in [6.45, 7) is 0. The molecule has 5 nitrogen and oxygen atoms in total. The smallest absolute Gasteiger partial charge is 0.342 e. The first-order valence-electron chi connectivity index (χ1n) is 6.76. The van der Waals surface area contributed by atoms with Gasteiger partial charge in [-0.05, 0) is 29.3 Å². The molecule has 0 amide bonds. The molecular weight excluding hydrogens is 294 g/mol. The summed E-state index contributed by atoms with van der Waals surface area (Å²) in [6, 6.07) is 12.0. The van der Waals surface area contributed by atoms with Crippen LogP contribution < -0.4 is 4.74 Å². The maximum absolute atomic E-state index is 11.9. The molecule has 116 valence electrons. The Hall–Kier alpha value is -3.26.